The molecule has 0 radical (unpaired) electrons. The van der Waals surface area contributed by atoms with Crippen molar-refractivity contribution in [2.45, 2.75) is 25.7 Å². The van der Waals surface area contributed by atoms with Gasteiger partial charge in [0.1, 0.15) is 0 Å². The molecular formula is C21H20N2S. The van der Waals surface area contributed by atoms with Crippen LogP contribution >= 0.6 is 11.9 Å². The first-order valence-electron chi connectivity index (χ1n) is 8.43. The number of aryl methyl sites for hydroxylation is 2. The topological polar surface area (TPSA) is 24.4 Å². The van der Waals surface area contributed by atoms with Crippen molar-refractivity contribution in [3.05, 3.63) is 71.3 Å². The van der Waals surface area contributed by atoms with Crippen molar-refractivity contribution >= 4 is 39.8 Å². The Morgan fingerprint density at radius 3 is 2.50 bits per heavy atom. The Bertz CT molecular complexity index is 916. The average molecular weight is 332 g/mol. The van der Waals surface area contributed by atoms with Gasteiger partial charge in [0, 0.05) is 11.6 Å². The largest absolute Gasteiger partial charge is 0.317 e. The molecule has 0 saturated heterocycles. The average Bonchev–Trinajstić information content (AvgIpc) is 2.69. The van der Waals surface area contributed by atoms with E-state index in [-0.39, 0.29) is 0 Å². The van der Waals surface area contributed by atoms with Crippen molar-refractivity contribution in [3.8, 4) is 0 Å². The lowest BCUT2D eigenvalue weighted by molar-refractivity contribution is 0.690. The summed E-state index contributed by atoms with van der Waals surface area (Å²) in [6, 6.07) is 18.0. The summed E-state index contributed by atoms with van der Waals surface area (Å²) in [7, 11) is 0. The van der Waals surface area contributed by atoms with Crippen LogP contribution in [0.25, 0.3) is 21.5 Å². The number of benzene rings is 3. The van der Waals surface area contributed by atoms with E-state index in [2.05, 4.69) is 58.2 Å². The molecule has 1 heterocycles. The number of hydrogen-bond donors (Lipinski definition) is 1. The SMILES string of the molecule is C1=CSNC=N1.c1ccc2c(c1)ccc1c3c(ccc12)CCCC3. The van der Waals surface area contributed by atoms with Gasteiger partial charge in [-0.15, -0.1) is 0 Å². The van der Waals surface area contributed by atoms with Gasteiger partial charge in [0.05, 0.1) is 6.34 Å². The Labute approximate surface area is 146 Å². The highest BCUT2D eigenvalue weighted by atomic mass is 32.2. The molecule has 3 aromatic carbocycles. The van der Waals surface area contributed by atoms with Crippen LogP contribution in [-0.4, -0.2) is 6.34 Å². The molecule has 0 amide bonds. The molecule has 0 saturated carbocycles. The molecular weight excluding hydrogens is 312 g/mol. The van der Waals surface area contributed by atoms with Gasteiger partial charge in [-0.2, -0.15) is 0 Å². The standard InChI is InChI=1S/C18H16.C3H4N2S/c1-3-7-15-13(5-1)9-11-18-16-8-4-2-6-14(16)10-12-17(15)18;1-2-6-5-3-4-1/h1,3,5,7,9-12H,2,4,6,8H2;1-3H,(H,4,5). The van der Waals surface area contributed by atoms with Crippen LogP contribution in [-0.2, 0) is 12.8 Å². The van der Waals surface area contributed by atoms with Crippen LogP contribution in [0.15, 0.2) is 65.1 Å². The second-order valence-electron chi connectivity index (χ2n) is 6.09. The number of hydrogen-bond acceptors (Lipinski definition) is 3. The highest BCUT2D eigenvalue weighted by Gasteiger charge is 2.13. The fourth-order valence-corrected chi connectivity index (χ4v) is 3.88. The molecule has 2 aliphatic rings. The smallest absolute Gasteiger partial charge is 0.0980 e. The zero-order valence-electron chi connectivity index (χ0n) is 13.5. The molecule has 5 rings (SSSR count). The van der Waals surface area contributed by atoms with Crippen molar-refractivity contribution in [1.29, 1.82) is 0 Å². The third-order valence-electron chi connectivity index (χ3n) is 4.67. The fourth-order valence-electron chi connectivity index (χ4n) is 3.55. The quantitative estimate of drug-likeness (QED) is 0.427. The van der Waals surface area contributed by atoms with E-state index in [0.29, 0.717) is 0 Å². The Hall–Kier alpha value is -2.26. The van der Waals surface area contributed by atoms with E-state index in [9.17, 15) is 0 Å². The number of nitrogens with one attached hydrogen (secondary N) is 1. The Morgan fingerprint density at radius 2 is 1.71 bits per heavy atom. The minimum absolute atomic E-state index is 1.25. The molecule has 0 fully saturated rings. The predicted octanol–water partition coefficient (Wildman–Crippen LogP) is 5.61. The summed E-state index contributed by atoms with van der Waals surface area (Å²) in [5.41, 5.74) is 3.17. The second kappa shape index (κ2) is 7.10. The molecule has 2 nitrogen and oxygen atoms in total. The first-order valence-corrected chi connectivity index (χ1v) is 9.31. The maximum absolute atomic E-state index is 3.74. The Kier molecular flexibility index (Phi) is 4.52. The third-order valence-corrected chi connectivity index (χ3v) is 5.17. The van der Waals surface area contributed by atoms with Crippen molar-refractivity contribution in [2.24, 2.45) is 4.99 Å². The van der Waals surface area contributed by atoms with Crippen molar-refractivity contribution in [2.75, 3.05) is 0 Å². The van der Waals surface area contributed by atoms with E-state index >= 15 is 0 Å². The van der Waals surface area contributed by atoms with Crippen LogP contribution < -0.4 is 4.72 Å². The molecule has 0 spiro atoms. The van der Waals surface area contributed by atoms with Crippen molar-refractivity contribution < 1.29 is 0 Å². The molecule has 1 aliphatic heterocycles. The number of nitrogens with zero attached hydrogens (tertiary/aromatic N) is 1. The zero-order chi connectivity index (χ0) is 16.2. The molecule has 3 aromatic rings. The lowest BCUT2D eigenvalue weighted by Crippen LogP contribution is -2.02. The summed E-state index contributed by atoms with van der Waals surface area (Å²) in [6.45, 7) is 0. The summed E-state index contributed by atoms with van der Waals surface area (Å²) in [5, 5.41) is 7.52. The first kappa shape index (κ1) is 15.3. The van der Waals surface area contributed by atoms with E-state index in [1.807, 2.05) is 5.41 Å². The maximum atomic E-state index is 3.74. The summed E-state index contributed by atoms with van der Waals surface area (Å²) in [5.74, 6) is 0. The minimum Gasteiger partial charge on any atom is -0.317 e. The third kappa shape index (κ3) is 3.04. The molecule has 0 aromatic heterocycles. The van der Waals surface area contributed by atoms with Gasteiger partial charge in [0.25, 0.3) is 0 Å². The van der Waals surface area contributed by atoms with Gasteiger partial charge in [-0.1, -0.05) is 48.5 Å². The van der Waals surface area contributed by atoms with E-state index in [0.717, 1.165) is 0 Å². The van der Waals surface area contributed by atoms with Crippen LogP contribution in [0.4, 0.5) is 0 Å². The zero-order valence-corrected chi connectivity index (χ0v) is 14.4. The molecule has 0 atom stereocenters. The van der Waals surface area contributed by atoms with E-state index < -0.39 is 0 Å². The maximum Gasteiger partial charge on any atom is 0.0980 e. The van der Waals surface area contributed by atoms with Crippen LogP contribution in [0.1, 0.15) is 24.0 Å². The number of rotatable bonds is 0. The first-order chi connectivity index (χ1) is 11.9. The summed E-state index contributed by atoms with van der Waals surface area (Å²) >= 11 is 1.52. The molecule has 3 heteroatoms. The van der Waals surface area contributed by atoms with E-state index in [4.69, 9.17) is 0 Å². The van der Waals surface area contributed by atoms with E-state index in [1.54, 1.807) is 23.7 Å². The van der Waals surface area contributed by atoms with Crippen LogP contribution in [0.5, 0.6) is 0 Å². The van der Waals surface area contributed by atoms with Gasteiger partial charge in [-0.3, -0.25) is 0 Å². The van der Waals surface area contributed by atoms with Crippen molar-refractivity contribution in [3.63, 3.8) is 0 Å². The lowest BCUT2D eigenvalue weighted by atomic mass is 9.86. The monoisotopic (exact) mass is 332 g/mol. The van der Waals surface area contributed by atoms with Crippen LogP contribution in [0.3, 0.4) is 0 Å². The Morgan fingerprint density at radius 1 is 0.833 bits per heavy atom. The van der Waals surface area contributed by atoms with Crippen molar-refractivity contribution in [1.82, 2.24) is 4.72 Å². The van der Waals surface area contributed by atoms with Gasteiger partial charge in [0.2, 0.25) is 0 Å². The van der Waals surface area contributed by atoms with Gasteiger partial charge in [-0.05, 0) is 70.3 Å². The van der Waals surface area contributed by atoms with Gasteiger partial charge < -0.3 is 4.72 Å². The minimum atomic E-state index is 1.25. The van der Waals surface area contributed by atoms with Gasteiger partial charge >= 0.3 is 0 Å². The molecule has 1 aliphatic carbocycles. The van der Waals surface area contributed by atoms with Crippen LogP contribution in [0, 0.1) is 0 Å². The molecule has 0 bridgehead atoms. The van der Waals surface area contributed by atoms with Gasteiger partial charge in [-0.25, -0.2) is 4.99 Å². The Balaban J connectivity index is 0.000000207. The molecule has 120 valence electrons. The summed E-state index contributed by atoms with van der Waals surface area (Å²) in [4.78, 5) is 3.74. The molecule has 1 N–H and O–H groups in total. The lowest BCUT2D eigenvalue weighted by Gasteiger charge is -2.18. The fraction of sp³-hybridized carbons (Fsp3) is 0.190. The molecule has 0 unspecified atom stereocenters. The number of fused-ring (bicyclic) bond motifs is 5. The van der Waals surface area contributed by atoms with Gasteiger partial charge in [0.15, 0.2) is 0 Å². The van der Waals surface area contributed by atoms with E-state index in [1.165, 1.54) is 59.2 Å². The normalized spacial score (nSPS) is 15.5. The second-order valence-corrected chi connectivity index (χ2v) is 6.83. The summed E-state index contributed by atoms with van der Waals surface area (Å²) in [6.07, 6.45) is 8.60. The number of aliphatic imine (C=N–C) groups is 1. The molecule has 24 heavy (non-hydrogen) atoms. The highest BCUT2D eigenvalue weighted by molar-refractivity contribution is 8.00. The predicted molar refractivity (Wildman–Crippen MR) is 106 cm³/mol. The van der Waals surface area contributed by atoms with Crippen LogP contribution in [0.2, 0.25) is 0 Å². The highest BCUT2D eigenvalue weighted by Crippen LogP contribution is 2.33. The summed E-state index contributed by atoms with van der Waals surface area (Å²) < 4.78 is 2.82.